The third kappa shape index (κ3) is 6.37. The van der Waals surface area contributed by atoms with Crippen molar-refractivity contribution in [1.29, 1.82) is 0 Å². The minimum atomic E-state index is -4.15. The van der Waals surface area contributed by atoms with Crippen LogP contribution in [0, 0.1) is 0 Å². The van der Waals surface area contributed by atoms with E-state index in [0.717, 1.165) is 4.31 Å². The van der Waals surface area contributed by atoms with E-state index in [4.69, 9.17) is 23.2 Å². The fourth-order valence-corrected chi connectivity index (χ4v) is 6.62. The fourth-order valence-electron chi connectivity index (χ4n) is 3.43. The number of halogens is 2. The van der Waals surface area contributed by atoms with Gasteiger partial charge in [-0.2, -0.15) is 4.31 Å². The molecular weight excluding hydrogens is 545 g/mol. The second-order valence-corrected chi connectivity index (χ2v) is 12.3. The summed E-state index contributed by atoms with van der Waals surface area (Å²) < 4.78 is 54.4. The van der Waals surface area contributed by atoms with Crippen LogP contribution in [-0.4, -0.2) is 46.7 Å². The van der Waals surface area contributed by atoms with Gasteiger partial charge in [0.05, 0.1) is 15.5 Å². The number of carbonyl (C=O) groups excluding carboxylic acids is 1. The highest BCUT2D eigenvalue weighted by molar-refractivity contribution is 7.92. The van der Waals surface area contributed by atoms with E-state index in [2.05, 4.69) is 5.32 Å². The van der Waals surface area contributed by atoms with Gasteiger partial charge in [-0.05, 0) is 66.7 Å². The van der Waals surface area contributed by atoms with Crippen LogP contribution in [0.4, 0.5) is 11.4 Å². The number of benzene rings is 3. The van der Waals surface area contributed by atoms with Crippen molar-refractivity contribution in [2.75, 3.05) is 29.3 Å². The van der Waals surface area contributed by atoms with Crippen molar-refractivity contribution in [2.45, 2.75) is 23.6 Å². The van der Waals surface area contributed by atoms with Crippen LogP contribution in [0.15, 0.2) is 82.6 Å². The highest BCUT2D eigenvalue weighted by atomic mass is 35.5. The van der Waals surface area contributed by atoms with Gasteiger partial charge in [-0.1, -0.05) is 43.1 Å². The van der Waals surface area contributed by atoms with Crippen LogP contribution < -0.4 is 9.62 Å². The summed E-state index contributed by atoms with van der Waals surface area (Å²) in [6.07, 6.45) is 0. The number of hydrogen-bond acceptors (Lipinski definition) is 5. The molecule has 0 spiro atoms. The topological polar surface area (TPSA) is 104 Å². The first kappa shape index (κ1) is 27.9. The molecule has 3 aromatic rings. The normalized spacial score (nSPS) is 11.9. The molecule has 0 saturated heterocycles. The molecule has 0 aliphatic carbocycles. The van der Waals surface area contributed by atoms with Crippen molar-refractivity contribution in [3.63, 3.8) is 0 Å². The summed E-state index contributed by atoms with van der Waals surface area (Å²) >= 11 is 12.0. The highest BCUT2D eigenvalue weighted by Gasteiger charge is 2.28. The molecule has 0 radical (unpaired) electrons. The lowest BCUT2D eigenvalue weighted by atomic mass is 10.3. The molecule has 36 heavy (non-hydrogen) atoms. The molecule has 0 aromatic heterocycles. The Balaban J connectivity index is 1.86. The van der Waals surface area contributed by atoms with Crippen molar-refractivity contribution in [3.05, 3.63) is 82.8 Å². The molecule has 0 fully saturated rings. The molecule has 12 heteroatoms. The van der Waals surface area contributed by atoms with Gasteiger partial charge in [-0.25, -0.2) is 16.8 Å². The van der Waals surface area contributed by atoms with E-state index >= 15 is 0 Å². The van der Waals surface area contributed by atoms with E-state index < -0.39 is 32.5 Å². The van der Waals surface area contributed by atoms with Crippen LogP contribution in [0.25, 0.3) is 0 Å². The summed E-state index contributed by atoms with van der Waals surface area (Å²) in [5.74, 6) is -0.633. The molecule has 3 aromatic carbocycles. The second-order valence-electron chi connectivity index (χ2n) is 7.61. The second kappa shape index (κ2) is 11.6. The van der Waals surface area contributed by atoms with Gasteiger partial charge in [0.2, 0.25) is 15.9 Å². The Bertz CT molecular complexity index is 1430. The lowest BCUT2D eigenvalue weighted by molar-refractivity contribution is -0.114. The average molecular weight is 571 g/mol. The molecule has 0 heterocycles. The van der Waals surface area contributed by atoms with Crippen LogP contribution in [-0.2, 0) is 24.8 Å². The zero-order valence-electron chi connectivity index (χ0n) is 19.6. The molecule has 0 saturated carbocycles. The Hall–Kier alpha value is -2.63. The number of sulfonamides is 2. The summed E-state index contributed by atoms with van der Waals surface area (Å²) in [6, 6.07) is 17.4. The number of anilines is 2. The maximum atomic E-state index is 13.4. The van der Waals surface area contributed by atoms with Crippen LogP contribution in [0.3, 0.4) is 0 Å². The maximum Gasteiger partial charge on any atom is 0.264 e. The number of rotatable bonds is 10. The summed E-state index contributed by atoms with van der Waals surface area (Å²) in [5, 5.41) is 3.29. The van der Waals surface area contributed by atoms with E-state index in [-0.39, 0.29) is 15.5 Å². The summed E-state index contributed by atoms with van der Waals surface area (Å²) in [4.78, 5) is 12.9. The molecule has 8 nitrogen and oxygen atoms in total. The molecule has 1 N–H and O–H groups in total. The van der Waals surface area contributed by atoms with Gasteiger partial charge in [-0.15, -0.1) is 0 Å². The van der Waals surface area contributed by atoms with Gasteiger partial charge in [0.25, 0.3) is 10.0 Å². The van der Waals surface area contributed by atoms with Crippen molar-refractivity contribution < 1.29 is 21.6 Å². The molecular formula is C24H25Cl2N3O5S2. The Morgan fingerprint density at radius 1 is 0.778 bits per heavy atom. The predicted octanol–water partition coefficient (Wildman–Crippen LogP) is 4.86. The Kier molecular flexibility index (Phi) is 9.02. The van der Waals surface area contributed by atoms with Gasteiger partial charge < -0.3 is 5.32 Å². The smallest absolute Gasteiger partial charge is 0.264 e. The first-order valence-corrected chi connectivity index (χ1v) is 14.6. The third-order valence-corrected chi connectivity index (χ3v) is 9.61. The van der Waals surface area contributed by atoms with Gasteiger partial charge in [0.1, 0.15) is 6.54 Å². The van der Waals surface area contributed by atoms with Crippen molar-refractivity contribution in [1.82, 2.24) is 4.31 Å². The molecule has 0 bridgehead atoms. The highest BCUT2D eigenvalue weighted by Crippen LogP contribution is 2.27. The SMILES string of the molecule is CCN(CC)S(=O)(=O)c1ccc(NC(=O)CN(c2cccc(Cl)c2)S(=O)(=O)c2ccc(Cl)cc2)cc1. The lowest BCUT2D eigenvalue weighted by Gasteiger charge is -2.24. The Morgan fingerprint density at radius 2 is 1.33 bits per heavy atom. The van der Waals surface area contributed by atoms with E-state index in [1.165, 1.54) is 65.0 Å². The summed E-state index contributed by atoms with van der Waals surface area (Å²) in [7, 11) is -7.79. The number of hydrogen-bond donors (Lipinski definition) is 1. The maximum absolute atomic E-state index is 13.4. The predicted molar refractivity (Wildman–Crippen MR) is 143 cm³/mol. The number of carbonyl (C=O) groups is 1. The molecule has 0 aliphatic heterocycles. The fraction of sp³-hybridized carbons (Fsp3) is 0.208. The first-order valence-electron chi connectivity index (χ1n) is 10.9. The van der Waals surface area contributed by atoms with Crippen molar-refractivity contribution in [3.8, 4) is 0 Å². The molecule has 0 unspecified atom stereocenters. The van der Waals surface area contributed by atoms with Crippen LogP contribution in [0.1, 0.15) is 13.8 Å². The molecule has 0 aliphatic rings. The number of amides is 1. The van der Waals surface area contributed by atoms with Gasteiger partial charge >= 0.3 is 0 Å². The Labute approximate surface area is 221 Å². The Morgan fingerprint density at radius 3 is 1.89 bits per heavy atom. The van der Waals surface area contributed by atoms with Gasteiger partial charge in [-0.3, -0.25) is 9.10 Å². The molecule has 1 amide bonds. The van der Waals surface area contributed by atoms with Crippen LogP contribution in [0.5, 0.6) is 0 Å². The molecule has 0 atom stereocenters. The zero-order valence-corrected chi connectivity index (χ0v) is 22.7. The minimum absolute atomic E-state index is 0.0503. The van der Waals surface area contributed by atoms with Crippen molar-refractivity contribution >= 4 is 60.5 Å². The average Bonchev–Trinajstić information content (AvgIpc) is 2.83. The number of nitrogens with one attached hydrogen (secondary N) is 1. The van der Waals surface area contributed by atoms with Crippen molar-refractivity contribution in [2.24, 2.45) is 0 Å². The summed E-state index contributed by atoms with van der Waals surface area (Å²) in [6.45, 7) is 3.61. The third-order valence-electron chi connectivity index (χ3n) is 5.27. The molecule has 192 valence electrons. The quantitative estimate of drug-likeness (QED) is 0.375. The van der Waals surface area contributed by atoms with E-state index in [1.807, 2.05) is 0 Å². The van der Waals surface area contributed by atoms with E-state index in [1.54, 1.807) is 26.0 Å². The van der Waals surface area contributed by atoms with E-state index in [0.29, 0.717) is 28.8 Å². The summed E-state index contributed by atoms with van der Waals surface area (Å²) in [5.41, 5.74) is 0.515. The monoisotopic (exact) mass is 569 g/mol. The minimum Gasteiger partial charge on any atom is -0.325 e. The standard InChI is InChI=1S/C24H25Cl2N3O5S2/c1-3-28(4-2)35(31,32)22-14-10-20(11-15-22)27-24(30)17-29(21-7-5-6-19(26)16-21)36(33,34)23-12-8-18(25)9-13-23/h5-16H,3-4,17H2,1-2H3,(H,27,30). The van der Waals surface area contributed by atoms with E-state index in [9.17, 15) is 21.6 Å². The largest absolute Gasteiger partial charge is 0.325 e. The number of nitrogens with zero attached hydrogens (tertiary/aromatic N) is 2. The van der Waals surface area contributed by atoms with Crippen LogP contribution in [0.2, 0.25) is 10.0 Å². The lowest BCUT2D eigenvalue weighted by Crippen LogP contribution is -2.38. The molecule has 3 rings (SSSR count). The van der Waals surface area contributed by atoms with Crippen LogP contribution >= 0.6 is 23.2 Å². The van der Waals surface area contributed by atoms with Gasteiger partial charge in [0, 0.05) is 28.8 Å². The van der Waals surface area contributed by atoms with Gasteiger partial charge in [0.15, 0.2) is 0 Å². The zero-order chi connectivity index (χ0) is 26.5. The first-order chi connectivity index (χ1) is 17.0.